The zero-order valence-corrected chi connectivity index (χ0v) is 75.5. The van der Waals surface area contributed by atoms with Gasteiger partial charge in [0, 0.05) is 46.9 Å². The number of fused-ring (bicyclic) bond motifs is 5. The molecule has 119 heavy (non-hydrogen) atoms. The molecule has 18 aromatic rings. The highest BCUT2D eigenvalue weighted by Gasteiger charge is 2.34. The van der Waals surface area contributed by atoms with Crippen LogP contribution in [0.1, 0.15) is 11.1 Å². The number of ether oxygens (including phenoxy) is 1. The molecule has 582 valence electrons. The lowest BCUT2D eigenvalue weighted by Gasteiger charge is -2.24. The molecule has 12 heteroatoms. The molecule has 0 bridgehead atoms. The van der Waals surface area contributed by atoms with Crippen molar-refractivity contribution in [1.82, 2.24) is 29.9 Å². The summed E-state index contributed by atoms with van der Waals surface area (Å²) in [6.07, 6.45) is 0. The number of nitrogens with zero attached hydrogens (tertiary/aromatic N) is 6. The van der Waals surface area contributed by atoms with Crippen LogP contribution in [-0.4, -0.2) is 69.3 Å². The van der Waals surface area contributed by atoms with E-state index < -0.39 is 40.2 Å². The molecule has 0 N–H and O–H groups in total. The fraction of sp³-hybridized carbons (Fsp3) is 0.140. The van der Waals surface area contributed by atoms with Crippen molar-refractivity contribution in [2.24, 2.45) is 0 Å². The van der Waals surface area contributed by atoms with Crippen molar-refractivity contribution in [3.05, 3.63) is 327 Å². The summed E-state index contributed by atoms with van der Waals surface area (Å²) in [6, 6.07) is 117. The Bertz CT molecular complexity index is 6920. The predicted octanol–water partition coefficient (Wildman–Crippen LogP) is 25.1. The monoisotopic (exact) mass is 1620 g/mol. The van der Waals surface area contributed by atoms with Crippen LogP contribution in [0.5, 0.6) is 5.75 Å². The van der Waals surface area contributed by atoms with Gasteiger partial charge in [-0.1, -0.05) is 414 Å². The summed E-state index contributed by atoms with van der Waals surface area (Å²) in [5, 5.41) is 12.0. The molecule has 0 saturated heterocycles. The quantitative estimate of drug-likeness (QED) is 0.0625. The normalized spacial score (nSPS) is 12.2. The van der Waals surface area contributed by atoms with Gasteiger partial charge in [0.15, 0.2) is 0 Å². The minimum Gasteiger partial charge on any atom is -0.497 e. The Hall–Kier alpha value is -12.1. The summed E-state index contributed by atoms with van der Waals surface area (Å²) in [6.45, 7) is 33.3. The smallest absolute Gasteiger partial charge is 0.120 e. The van der Waals surface area contributed by atoms with Crippen molar-refractivity contribution in [1.29, 1.82) is 0 Å². The second kappa shape index (κ2) is 31.0. The molecule has 0 amide bonds. The highest BCUT2D eigenvalue weighted by molar-refractivity contribution is 7.79. The van der Waals surface area contributed by atoms with Crippen molar-refractivity contribution in [2.75, 3.05) is 7.11 Å². The second-order valence-corrected chi connectivity index (χ2v) is 58.4. The van der Waals surface area contributed by atoms with E-state index in [0.717, 1.165) is 160 Å². The number of hydrogen-bond acceptors (Lipinski definition) is 7. The van der Waals surface area contributed by atoms with E-state index in [4.69, 9.17) is 34.6 Å². The van der Waals surface area contributed by atoms with Crippen LogP contribution in [0.15, 0.2) is 315 Å². The molecule has 0 spiro atoms. The fourth-order valence-corrected chi connectivity index (χ4v) is 23.7. The number of methoxy groups -OCH3 is 1. The molecule has 15 aromatic carbocycles. The zero-order chi connectivity index (χ0) is 82.4. The molecule has 0 radical (unpaired) electrons. The summed E-state index contributed by atoms with van der Waals surface area (Å²) in [7, 11) is -6.83. The van der Waals surface area contributed by atoms with Crippen LogP contribution in [0.4, 0.5) is 0 Å². The number of aromatic nitrogens is 6. The number of benzene rings is 15. The maximum absolute atomic E-state index is 6.53. The van der Waals surface area contributed by atoms with Crippen molar-refractivity contribution < 1.29 is 4.74 Å². The molecular formula is C107H97N6OPSi4. The standard InChI is InChI=1S/C107H97N6OPSi4/c1-68-33-37-72(38-34-68)86-61-62-87(73-39-35-69(2)36-40-73)99-98(86)110-104(105(111-99)106-107(115(79-27-18-16-19-28-79)80-29-20-17-21-30-80)113-101-91(77-48-58-84(59-49-77)119(13,14)15)66-65-90(100(101)112-106)76-46-56-83(57-47-76)118(10,11)12)103-102(93-60-50-70-25-22-23-31-85(70)95(93)92-32-24-26-71-41-51-78(114-3)67-94(71)92)108-96-88(74-42-52-81(53-43-74)116(4,5)6)63-64-89(97(96)109-103)75-44-54-82(55-45-75)117(7,8)9/h16-67H,1-15H3. The Morgan fingerprint density at radius 1 is 0.244 bits per heavy atom. The summed E-state index contributed by atoms with van der Waals surface area (Å²) in [5.74, 6) is 0.760. The van der Waals surface area contributed by atoms with Gasteiger partial charge in [0.05, 0.1) is 78.2 Å². The van der Waals surface area contributed by atoms with Gasteiger partial charge in [0.25, 0.3) is 0 Å². The maximum atomic E-state index is 6.53. The van der Waals surface area contributed by atoms with E-state index >= 15 is 0 Å². The maximum Gasteiger partial charge on any atom is 0.120 e. The highest BCUT2D eigenvalue weighted by Crippen LogP contribution is 2.50. The first kappa shape index (κ1) is 78.1. The van der Waals surface area contributed by atoms with E-state index in [2.05, 4.69) is 408 Å². The van der Waals surface area contributed by atoms with Gasteiger partial charge in [-0.3, -0.25) is 0 Å². The molecule has 3 aromatic heterocycles. The van der Waals surface area contributed by atoms with Crippen molar-refractivity contribution in [2.45, 2.75) is 92.4 Å². The first-order valence-corrected chi connectivity index (χ1v) is 56.8. The molecule has 0 aliphatic rings. The SMILES string of the molecule is COc1ccc2cccc(-c3c(-c4nc5c(-c6ccc([Si](C)(C)C)cc6)ccc(-c6ccc([Si](C)(C)C)cc6)c5nc4-c4nc5c(-c6ccc(C)cc6)ccc(-c6ccc(C)cc6)c5nc4-c4nc5c(-c6ccc([Si](C)(C)C)cc6)ccc(-c6ccc([Si](C)(C)C)cc6)c5nc4P(c4ccccc4)c4ccccc4)ccc4ccccc34)c2c1. The van der Waals surface area contributed by atoms with Crippen LogP contribution in [0.2, 0.25) is 78.6 Å². The van der Waals surface area contributed by atoms with Crippen LogP contribution in [0.25, 0.3) is 167 Å². The predicted molar refractivity (Wildman–Crippen MR) is 522 cm³/mol. The second-order valence-electron chi connectivity index (χ2n) is 36.0. The largest absolute Gasteiger partial charge is 0.497 e. The molecule has 0 saturated carbocycles. The van der Waals surface area contributed by atoms with E-state index in [1.807, 2.05) is 0 Å². The van der Waals surface area contributed by atoms with Gasteiger partial charge < -0.3 is 4.74 Å². The number of rotatable bonds is 18. The number of hydrogen-bond donors (Lipinski definition) is 0. The molecular weight excluding hydrogens is 1530 g/mol. The van der Waals surface area contributed by atoms with E-state index in [0.29, 0.717) is 39.5 Å². The van der Waals surface area contributed by atoms with Gasteiger partial charge in [-0.05, 0) is 103 Å². The van der Waals surface area contributed by atoms with Crippen molar-refractivity contribution in [3.8, 4) is 118 Å². The lowest BCUT2D eigenvalue weighted by atomic mass is 9.87. The average molecular weight is 1630 g/mol. The average Bonchev–Trinajstić information content (AvgIpc) is 0.716. The third-order valence-corrected chi connectivity index (χ3v) is 34.3. The van der Waals surface area contributed by atoms with Crippen molar-refractivity contribution in [3.63, 3.8) is 0 Å². The van der Waals surface area contributed by atoms with Gasteiger partial charge in [-0.25, -0.2) is 29.9 Å². The van der Waals surface area contributed by atoms with Crippen LogP contribution in [-0.2, 0) is 0 Å². The van der Waals surface area contributed by atoms with Crippen LogP contribution in [0.3, 0.4) is 0 Å². The Morgan fingerprint density at radius 2 is 0.546 bits per heavy atom. The molecule has 0 aliphatic carbocycles. The Balaban J connectivity index is 1.08. The molecule has 7 nitrogen and oxygen atoms in total. The van der Waals surface area contributed by atoms with E-state index in [1.54, 1.807) is 7.11 Å². The molecule has 3 heterocycles. The summed E-state index contributed by atoms with van der Waals surface area (Å²) < 4.78 is 6.13. The Kier molecular flexibility index (Phi) is 20.4. The Labute approximate surface area is 704 Å². The van der Waals surface area contributed by atoms with Gasteiger partial charge in [-0.15, -0.1) is 0 Å². The molecule has 0 unspecified atom stereocenters. The topological polar surface area (TPSA) is 86.6 Å². The van der Waals surface area contributed by atoms with Crippen LogP contribution >= 0.6 is 7.92 Å². The molecule has 0 fully saturated rings. The van der Waals surface area contributed by atoms with E-state index in [9.17, 15) is 0 Å². The van der Waals surface area contributed by atoms with Crippen molar-refractivity contribution >= 4 is 132 Å². The lowest BCUT2D eigenvalue weighted by Crippen LogP contribution is -2.37. The fourth-order valence-electron chi connectivity index (χ4n) is 16.8. The molecule has 0 aliphatic heterocycles. The molecule has 18 rings (SSSR count). The summed E-state index contributed by atoms with van der Waals surface area (Å²) in [4.78, 5) is 39.0. The molecule has 0 atom stereocenters. The minimum absolute atomic E-state index is 0.505. The lowest BCUT2D eigenvalue weighted by molar-refractivity contribution is 0.415. The third-order valence-electron chi connectivity index (χ3n) is 23.7. The van der Waals surface area contributed by atoms with Crippen LogP contribution in [0, 0.1) is 13.8 Å². The minimum atomic E-state index is -1.77. The van der Waals surface area contributed by atoms with Gasteiger partial charge >= 0.3 is 0 Å². The van der Waals surface area contributed by atoms with E-state index in [1.165, 1.54) is 20.7 Å². The first-order valence-electron chi connectivity index (χ1n) is 41.4. The zero-order valence-electron chi connectivity index (χ0n) is 70.6. The Morgan fingerprint density at radius 3 is 0.933 bits per heavy atom. The first-order chi connectivity index (χ1) is 57.3. The van der Waals surface area contributed by atoms with Gasteiger partial charge in [0.1, 0.15) is 34.0 Å². The highest BCUT2D eigenvalue weighted by atomic mass is 31.1. The number of aryl methyl sites for hydroxylation is 2. The summed E-state index contributed by atoms with van der Waals surface area (Å²) in [5.41, 5.74) is 25.1. The van der Waals surface area contributed by atoms with E-state index in [-0.39, 0.29) is 0 Å². The third kappa shape index (κ3) is 15.0. The van der Waals surface area contributed by atoms with Crippen LogP contribution < -0.4 is 41.5 Å². The summed E-state index contributed by atoms with van der Waals surface area (Å²) >= 11 is 0. The van der Waals surface area contributed by atoms with Gasteiger partial charge in [-0.2, -0.15) is 0 Å². The van der Waals surface area contributed by atoms with Gasteiger partial charge in [0.2, 0.25) is 0 Å².